The molecule has 0 saturated heterocycles. The molecule has 15 heavy (non-hydrogen) atoms. The van der Waals surface area contributed by atoms with Gasteiger partial charge in [-0.1, -0.05) is 18.1 Å². The summed E-state index contributed by atoms with van der Waals surface area (Å²) in [5, 5.41) is 7.48. The molecule has 0 spiro atoms. The molecule has 1 aliphatic carbocycles. The largest absolute Gasteiger partial charge is 0.327 e. The average molecular weight is 208 g/mol. The highest BCUT2D eigenvalue weighted by Crippen LogP contribution is 2.25. The lowest BCUT2D eigenvalue weighted by Crippen LogP contribution is -2.38. The molecule has 0 aromatic carbocycles. The predicted molar refractivity (Wildman–Crippen MR) is 55.3 cm³/mol. The van der Waals surface area contributed by atoms with Crippen LogP contribution in [0.4, 0.5) is 0 Å². The molecule has 0 aliphatic heterocycles. The van der Waals surface area contributed by atoms with Gasteiger partial charge in [0, 0.05) is 19.0 Å². The highest BCUT2D eigenvalue weighted by atomic mass is 16.1. The molecular weight excluding hydrogens is 192 g/mol. The van der Waals surface area contributed by atoms with Crippen molar-refractivity contribution >= 4 is 5.78 Å². The maximum absolute atomic E-state index is 12.1. The fraction of sp³-hybridized carbons (Fsp3) is 0.700. The Hall–Kier alpha value is -1.23. The van der Waals surface area contributed by atoms with E-state index >= 15 is 0 Å². The molecule has 0 amide bonds. The molecule has 1 aliphatic rings. The fourth-order valence-electron chi connectivity index (χ4n) is 2.19. The lowest BCUT2D eigenvalue weighted by molar-refractivity contribution is 0.0861. The van der Waals surface area contributed by atoms with Crippen molar-refractivity contribution in [3.63, 3.8) is 0 Å². The van der Waals surface area contributed by atoms with E-state index in [9.17, 15) is 4.79 Å². The van der Waals surface area contributed by atoms with E-state index in [4.69, 9.17) is 5.73 Å². The van der Waals surface area contributed by atoms with Gasteiger partial charge in [0.05, 0.1) is 6.20 Å². The zero-order valence-corrected chi connectivity index (χ0v) is 8.89. The number of hydrogen-bond acceptors (Lipinski definition) is 4. The Kier molecular flexibility index (Phi) is 2.81. The number of carbonyl (C=O) groups is 1. The summed E-state index contributed by atoms with van der Waals surface area (Å²) in [6.45, 7) is 0. The molecule has 2 rings (SSSR count). The maximum atomic E-state index is 12.1. The van der Waals surface area contributed by atoms with Gasteiger partial charge in [-0.15, -0.1) is 5.10 Å². The van der Waals surface area contributed by atoms with Crippen LogP contribution in [0.15, 0.2) is 6.20 Å². The van der Waals surface area contributed by atoms with Crippen LogP contribution in [0.5, 0.6) is 0 Å². The minimum absolute atomic E-state index is 0.00106. The van der Waals surface area contributed by atoms with Gasteiger partial charge in [0.1, 0.15) is 5.69 Å². The number of nitrogens with zero attached hydrogens (tertiary/aromatic N) is 3. The van der Waals surface area contributed by atoms with E-state index in [0.29, 0.717) is 5.69 Å². The summed E-state index contributed by atoms with van der Waals surface area (Å²) >= 11 is 0. The van der Waals surface area contributed by atoms with E-state index in [2.05, 4.69) is 10.3 Å². The number of hydrogen-bond donors (Lipinski definition) is 1. The van der Waals surface area contributed by atoms with E-state index in [1.165, 1.54) is 10.9 Å². The van der Waals surface area contributed by atoms with Crippen molar-refractivity contribution in [1.82, 2.24) is 15.0 Å². The van der Waals surface area contributed by atoms with Crippen LogP contribution in [0.25, 0.3) is 0 Å². The standard InChI is InChI=1S/C10H16N4O/c1-14-9(6-12-13-14)10(15)7-4-2-3-5-8(7)11/h6-8H,2-5,11H2,1H3. The fourth-order valence-corrected chi connectivity index (χ4v) is 2.19. The minimum atomic E-state index is -0.0454. The summed E-state index contributed by atoms with van der Waals surface area (Å²) in [5.74, 6) is 0.0469. The molecule has 1 aromatic rings. The predicted octanol–water partition coefficient (Wildman–Crippen LogP) is 0.515. The van der Waals surface area contributed by atoms with Gasteiger partial charge in [-0.3, -0.25) is 4.79 Å². The molecule has 1 saturated carbocycles. The van der Waals surface area contributed by atoms with Crippen LogP contribution >= 0.6 is 0 Å². The zero-order chi connectivity index (χ0) is 10.8. The van der Waals surface area contributed by atoms with Crippen molar-refractivity contribution in [3.8, 4) is 0 Å². The molecule has 1 aromatic heterocycles. The summed E-state index contributed by atoms with van der Waals surface area (Å²) in [6, 6.07) is 0.00106. The number of nitrogens with two attached hydrogens (primary N) is 1. The van der Waals surface area contributed by atoms with Crippen LogP contribution < -0.4 is 5.73 Å². The highest BCUT2D eigenvalue weighted by molar-refractivity contribution is 5.96. The maximum Gasteiger partial charge on any atom is 0.187 e. The summed E-state index contributed by atoms with van der Waals surface area (Å²) in [6.07, 6.45) is 5.58. The van der Waals surface area contributed by atoms with Crippen molar-refractivity contribution in [2.24, 2.45) is 18.7 Å². The van der Waals surface area contributed by atoms with Gasteiger partial charge in [0.15, 0.2) is 5.78 Å². The number of aryl methyl sites for hydroxylation is 1. The van der Waals surface area contributed by atoms with E-state index < -0.39 is 0 Å². The summed E-state index contributed by atoms with van der Waals surface area (Å²) in [7, 11) is 1.73. The third-order valence-electron chi connectivity index (χ3n) is 3.12. The van der Waals surface area contributed by atoms with Crippen molar-refractivity contribution in [2.45, 2.75) is 31.7 Å². The van der Waals surface area contributed by atoms with Gasteiger partial charge in [0.2, 0.25) is 0 Å². The second-order valence-corrected chi connectivity index (χ2v) is 4.16. The van der Waals surface area contributed by atoms with Crippen LogP contribution in [-0.4, -0.2) is 26.8 Å². The third kappa shape index (κ3) is 1.92. The molecular formula is C10H16N4O. The summed E-state index contributed by atoms with van der Waals surface area (Å²) < 4.78 is 1.52. The highest BCUT2D eigenvalue weighted by Gasteiger charge is 2.30. The van der Waals surface area contributed by atoms with Gasteiger partial charge >= 0.3 is 0 Å². The Labute approximate surface area is 88.6 Å². The molecule has 82 valence electrons. The molecule has 2 atom stereocenters. The van der Waals surface area contributed by atoms with Gasteiger partial charge in [-0.25, -0.2) is 4.68 Å². The Morgan fingerprint density at radius 2 is 2.27 bits per heavy atom. The van der Waals surface area contributed by atoms with E-state index in [0.717, 1.165) is 25.7 Å². The van der Waals surface area contributed by atoms with Crippen molar-refractivity contribution < 1.29 is 4.79 Å². The SMILES string of the molecule is Cn1nncc1C(=O)C1CCCCC1N. The lowest BCUT2D eigenvalue weighted by Gasteiger charge is -2.26. The zero-order valence-electron chi connectivity index (χ0n) is 8.89. The van der Waals surface area contributed by atoms with Gasteiger partial charge in [0.25, 0.3) is 0 Å². The van der Waals surface area contributed by atoms with Crippen LogP contribution in [-0.2, 0) is 7.05 Å². The Morgan fingerprint density at radius 3 is 2.87 bits per heavy atom. The monoisotopic (exact) mass is 208 g/mol. The Bertz CT molecular complexity index is 360. The Balaban J connectivity index is 2.17. The van der Waals surface area contributed by atoms with Gasteiger partial charge in [-0.2, -0.15) is 0 Å². The van der Waals surface area contributed by atoms with Crippen molar-refractivity contribution in [3.05, 3.63) is 11.9 Å². The molecule has 0 radical (unpaired) electrons. The number of ketones is 1. The summed E-state index contributed by atoms with van der Waals surface area (Å²) in [4.78, 5) is 12.1. The number of rotatable bonds is 2. The first-order valence-corrected chi connectivity index (χ1v) is 5.34. The summed E-state index contributed by atoms with van der Waals surface area (Å²) in [5.41, 5.74) is 6.53. The molecule has 1 heterocycles. The lowest BCUT2D eigenvalue weighted by atomic mass is 9.81. The van der Waals surface area contributed by atoms with Crippen LogP contribution in [0.3, 0.4) is 0 Å². The first-order chi connectivity index (χ1) is 7.20. The molecule has 1 fully saturated rings. The molecule has 2 N–H and O–H groups in total. The third-order valence-corrected chi connectivity index (χ3v) is 3.12. The molecule has 0 bridgehead atoms. The molecule has 2 unspecified atom stereocenters. The van der Waals surface area contributed by atoms with E-state index in [1.54, 1.807) is 7.05 Å². The first-order valence-electron chi connectivity index (χ1n) is 5.34. The molecule has 5 nitrogen and oxygen atoms in total. The van der Waals surface area contributed by atoms with Gasteiger partial charge < -0.3 is 5.73 Å². The second-order valence-electron chi connectivity index (χ2n) is 4.16. The van der Waals surface area contributed by atoms with Crippen LogP contribution in [0.1, 0.15) is 36.2 Å². The number of aromatic nitrogens is 3. The van der Waals surface area contributed by atoms with Crippen LogP contribution in [0.2, 0.25) is 0 Å². The smallest absolute Gasteiger partial charge is 0.187 e. The van der Waals surface area contributed by atoms with Crippen LogP contribution in [0, 0.1) is 5.92 Å². The minimum Gasteiger partial charge on any atom is -0.327 e. The molecule has 5 heteroatoms. The topological polar surface area (TPSA) is 73.8 Å². The van der Waals surface area contributed by atoms with E-state index in [1.807, 2.05) is 0 Å². The normalized spacial score (nSPS) is 26.5. The number of carbonyl (C=O) groups excluding carboxylic acids is 1. The van der Waals surface area contributed by atoms with Crippen molar-refractivity contribution in [2.75, 3.05) is 0 Å². The Morgan fingerprint density at radius 1 is 1.53 bits per heavy atom. The van der Waals surface area contributed by atoms with Gasteiger partial charge in [-0.05, 0) is 12.8 Å². The second kappa shape index (κ2) is 4.10. The van der Waals surface area contributed by atoms with E-state index in [-0.39, 0.29) is 17.7 Å². The van der Waals surface area contributed by atoms with Crippen molar-refractivity contribution in [1.29, 1.82) is 0 Å². The average Bonchev–Trinajstić information content (AvgIpc) is 2.64. The first kappa shape index (κ1) is 10.3. The quantitative estimate of drug-likeness (QED) is 0.719. The number of Topliss-reactive ketones (excluding diaryl/α,β-unsaturated/α-hetero) is 1.